The first kappa shape index (κ1) is 17.0. The average molecular weight is 348 g/mol. The van der Waals surface area contributed by atoms with Crippen molar-refractivity contribution in [3.63, 3.8) is 0 Å². The normalized spacial score (nSPS) is 13.9. The summed E-state index contributed by atoms with van der Waals surface area (Å²) in [7, 11) is 0. The van der Waals surface area contributed by atoms with Crippen molar-refractivity contribution >= 4 is 17.2 Å². The molecule has 1 aromatic carbocycles. The molecule has 3 rings (SSSR count). The molecule has 24 heavy (non-hydrogen) atoms. The largest absolute Gasteiger partial charge is 0.381 e. The molecule has 0 atom stereocenters. The Kier molecular flexibility index (Phi) is 5.58. The fraction of sp³-hybridized carbons (Fsp3) is 0.444. The number of rotatable bonds is 8. The van der Waals surface area contributed by atoms with E-state index in [4.69, 9.17) is 4.74 Å². The Morgan fingerprint density at radius 2 is 2.12 bits per heavy atom. The quantitative estimate of drug-likeness (QED) is 0.738. The predicted octanol–water partition coefficient (Wildman–Crippen LogP) is 3.80. The minimum absolute atomic E-state index is 0.111. The van der Waals surface area contributed by atoms with E-state index in [0.717, 1.165) is 29.5 Å². The van der Waals surface area contributed by atoms with Crippen LogP contribution in [-0.2, 0) is 4.74 Å². The molecule has 0 radical (unpaired) electrons. The summed E-state index contributed by atoms with van der Waals surface area (Å²) >= 11 is 1.33. The van der Waals surface area contributed by atoms with E-state index in [2.05, 4.69) is 10.3 Å². The van der Waals surface area contributed by atoms with Crippen molar-refractivity contribution in [2.75, 3.05) is 19.8 Å². The first-order chi connectivity index (χ1) is 11.6. The van der Waals surface area contributed by atoms with E-state index in [1.54, 1.807) is 12.1 Å². The van der Waals surface area contributed by atoms with Gasteiger partial charge in [0.2, 0.25) is 0 Å². The third-order valence-electron chi connectivity index (χ3n) is 3.90. The van der Waals surface area contributed by atoms with Crippen LogP contribution in [0.1, 0.15) is 34.6 Å². The number of nitrogens with zero attached hydrogens (tertiary/aromatic N) is 1. The van der Waals surface area contributed by atoms with Crippen LogP contribution in [0.4, 0.5) is 4.39 Å². The highest BCUT2D eigenvalue weighted by Crippen LogP contribution is 2.29. The number of nitrogens with one attached hydrogen (secondary N) is 1. The summed E-state index contributed by atoms with van der Waals surface area (Å²) in [6.07, 6.45) is 3.39. The molecule has 1 aromatic heterocycles. The number of aromatic nitrogens is 1. The maximum absolute atomic E-state index is 13.0. The average Bonchev–Trinajstić information content (AvgIpc) is 3.31. The van der Waals surface area contributed by atoms with Crippen LogP contribution in [-0.4, -0.2) is 30.6 Å². The molecule has 128 valence electrons. The molecule has 0 saturated heterocycles. The number of benzene rings is 1. The molecular formula is C18H21FN2O2S. The Balaban J connectivity index is 1.49. The summed E-state index contributed by atoms with van der Waals surface area (Å²) in [5, 5.41) is 3.64. The van der Waals surface area contributed by atoms with Gasteiger partial charge in [0.05, 0.1) is 5.69 Å². The lowest BCUT2D eigenvalue weighted by Crippen LogP contribution is -2.25. The fourth-order valence-corrected chi connectivity index (χ4v) is 3.30. The molecule has 0 aliphatic heterocycles. The number of hydrogen-bond acceptors (Lipinski definition) is 4. The highest BCUT2D eigenvalue weighted by atomic mass is 32.1. The molecule has 1 saturated carbocycles. The van der Waals surface area contributed by atoms with E-state index in [1.165, 1.54) is 36.3 Å². The molecule has 0 bridgehead atoms. The van der Waals surface area contributed by atoms with E-state index >= 15 is 0 Å². The maximum atomic E-state index is 13.0. The van der Waals surface area contributed by atoms with Crippen LogP contribution in [0.25, 0.3) is 10.6 Å². The second-order valence-electron chi connectivity index (χ2n) is 6.07. The molecule has 0 spiro atoms. The smallest absolute Gasteiger partial charge is 0.263 e. The van der Waals surface area contributed by atoms with Crippen molar-refractivity contribution in [1.82, 2.24) is 10.3 Å². The van der Waals surface area contributed by atoms with Crippen LogP contribution >= 0.6 is 11.3 Å². The zero-order valence-electron chi connectivity index (χ0n) is 13.7. The van der Waals surface area contributed by atoms with Gasteiger partial charge in [0.1, 0.15) is 15.7 Å². The predicted molar refractivity (Wildman–Crippen MR) is 92.7 cm³/mol. The Morgan fingerprint density at radius 1 is 1.38 bits per heavy atom. The van der Waals surface area contributed by atoms with Gasteiger partial charge in [-0.25, -0.2) is 9.37 Å². The van der Waals surface area contributed by atoms with E-state index < -0.39 is 0 Å². The molecule has 1 amide bonds. The van der Waals surface area contributed by atoms with E-state index in [9.17, 15) is 9.18 Å². The molecule has 1 N–H and O–H groups in total. The third kappa shape index (κ3) is 4.61. The number of amides is 1. The monoisotopic (exact) mass is 348 g/mol. The number of aryl methyl sites for hydroxylation is 1. The number of ether oxygens (including phenoxy) is 1. The second-order valence-corrected chi connectivity index (χ2v) is 7.07. The molecule has 0 unspecified atom stereocenters. The van der Waals surface area contributed by atoms with Crippen molar-refractivity contribution in [3.05, 3.63) is 40.7 Å². The molecule has 1 fully saturated rings. The number of carbonyl (C=O) groups is 1. The first-order valence-electron chi connectivity index (χ1n) is 8.23. The number of thiazole rings is 1. The number of halogens is 1. The van der Waals surface area contributed by atoms with Crippen molar-refractivity contribution in [2.24, 2.45) is 5.92 Å². The van der Waals surface area contributed by atoms with E-state index in [0.29, 0.717) is 23.7 Å². The minimum Gasteiger partial charge on any atom is -0.381 e. The molecule has 6 heteroatoms. The van der Waals surface area contributed by atoms with E-state index in [1.807, 2.05) is 6.92 Å². The SMILES string of the molecule is Cc1nc(-c2ccc(F)cc2)sc1C(=O)NCCCOCC1CC1. The summed E-state index contributed by atoms with van der Waals surface area (Å²) in [5.41, 5.74) is 1.51. The molecular weight excluding hydrogens is 327 g/mol. The highest BCUT2D eigenvalue weighted by molar-refractivity contribution is 7.17. The first-order valence-corrected chi connectivity index (χ1v) is 9.04. The van der Waals surface area contributed by atoms with Gasteiger partial charge in [0, 0.05) is 25.3 Å². The summed E-state index contributed by atoms with van der Waals surface area (Å²) in [4.78, 5) is 17.3. The van der Waals surface area contributed by atoms with Gasteiger partial charge < -0.3 is 10.1 Å². The topological polar surface area (TPSA) is 51.2 Å². The Morgan fingerprint density at radius 3 is 2.83 bits per heavy atom. The lowest BCUT2D eigenvalue weighted by molar-refractivity contribution is 0.0940. The highest BCUT2D eigenvalue weighted by Gasteiger charge is 2.21. The van der Waals surface area contributed by atoms with Crippen LogP contribution in [0.15, 0.2) is 24.3 Å². The fourth-order valence-electron chi connectivity index (χ4n) is 2.31. The molecule has 1 aliphatic rings. The third-order valence-corrected chi connectivity index (χ3v) is 5.10. The summed E-state index contributed by atoms with van der Waals surface area (Å²) in [6, 6.07) is 6.14. The van der Waals surface area contributed by atoms with Gasteiger partial charge in [0.15, 0.2) is 0 Å². The summed E-state index contributed by atoms with van der Waals surface area (Å²) in [6.45, 7) is 3.94. The molecule has 2 aromatic rings. The van der Waals surface area contributed by atoms with Gasteiger partial charge in [-0.1, -0.05) is 0 Å². The lowest BCUT2D eigenvalue weighted by atomic mass is 10.2. The number of carbonyl (C=O) groups excluding carboxylic acids is 1. The molecule has 1 aliphatic carbocycles. The summed E-state index contributed by atoms with van der Waals surface area (Å²) in [5.74, 6) is 0.374. The van der Waals surface area contributed by atoms with Gasteiger partial charge in [-0.3, -0.25) is 4.79 Å². The van der Waals surface area contributed by atoms with Crippen LogP contribution in [0.3, 0.4) is 0 Å². The maximum Gasteiger partial charge on any atom is 0.263 e. The van der Waals surface area contributed by atoms with Crippen molar-refractivity contribution in [2.45, 2.75) is 26.2 Å². The number of hydrogen-bond donors (Lipinski definition) is 1. The van der Waals surface area contributed by atoms with E-state index in [-0.39, 0.29) is 11.7 Å². The van der Waals surface area contributed by atoms with Crippen LogP contribution in [0.2, 0.25) is 0 Å². The standard InChI is InChI=1S/C18H21FN2O2S/c1-12-16(17(22)20-9-2-10-23-11-13-3-4-13)24-18(21-12)14-5-7-15(19)8-6-14/h5-8,13H,2-4,9-11H2,1H3,(H,20,22). The van der Waals surface area contributed by atoms with Gasteiger partial charge in [-0.2, -0.15) is 0 Å². The lowest BCUT2D eigenvalue weighted by Gasteiger charge is -2.05. The summed E-state index contributed by atoms with van der Waals surface area (Å²) < 4.78 is 18.5. The Labute approximate surface area is 145 Å². The van der Waals surface area contributed by atoms with Gasteiger partial charge in [-0.15, -0.1) is 11.3 Å². The second kappa shape index (κ2) is 7.85. The Hall–Kier alpha value is -1.79. The van der Waals surface area contributed by atoms with Crippen molar-refractivity contribution in [3.8, 4) is 10.6 Å². The Bertz CT molecular complexity index is 696. The minimum atomic E-state index is -0.283. The van der Waals surface area contributed by atoms with Gasteiger partial charge >= 0.3 is 0 Å². The molecule has 1 heterocycles. The van der Waals surface area contributed by atoms with Crippen LogP contribution in [0, 0.1) is 18.7 Å². The zero-order chi connectivity index (χ0) is 16.9. The van der Waals surface area contributed by atoms with Crippen LogP contribution < -0.4 is 5.32 Å². The van der Waals surface area contributed by atoms with Gasteiger partial charge in [0.25, 0.3) is 5.91 Å². The van der Waals surface area contributed by atoms with Gasteiger partial charge in [-0.05, 0) is 56.4 Å². The van der Waals surface area contributed by atoms with Crippen molar-refractivity contribution < 1.29 is 13.9 Å². The zero-order valence-corrected chi connectivity index (χ0v) is 14.5. The van der Waals surface area contributed by atoms with Crippen molar-refractivity contribution in [1.29, 1.82) is 0 Å². The molecule has 4 nitrogen and oxygen atoms in total. The van der Waals surface area contributed by atoms with Crippen LogP contribution in [0.5, 0.6) is 0 Å².